The van der Waals surface area contributed by atoms with Gasteiger partial charge in [-0.15, -0.1) is 6.58 Å². The smallest absolute Gasteiger partial charge is 0.254 e. The van der Waals surface area contributed by atoms with Crippen molar-refractivity contribution in [3.63, 3.8) is 0 Å². The third-order valence-corrected chi connectivity index (χ3v) is 3.44. The van der Waals surface area contributed by atoms with Crippen LogP contribution >= 0.6 is 0 Å². The fourth-order valence-corrected chi connectivity index (χ4v) is 2.26. The molecule has 1 fully saturated rings. The van der Waals surface area contributed by atoms with E-state index in [-0.39, 0.29) is 5.91 Å². The molecular weight excluding hydrogens is 216 g/mol. The number of hydrogen-bond acceptors (Lipinski definition) is 3. The van der Waals surface area contributed by atoms with Crippen LogP contribution in [0.25, 0.3) is 0 Å². The predicted octanol–water partition coefficient (Wildman–Crippen LogP) is 1.18. The van der Waals surface area contributed by atoms with Gasteiger partial charge in [0.1, 0.15) is 5.60 Å². The van der Waals surface area contributed by atoms with Crippen LogP contribution in [0.3, 0.4) is 0 Å². The van der Waals surface area contributed by atoms with Crippen molar-refractivity contribution in [3.05, 3.63) is 12.7 Å². The van der Waals surface area contributed by atoms with Crippen LogP contribution in [0.2, 0.25) is 0 Å². The summed E-state index contributed by atoms with van der Waals surface area (Å²) in [6, 6.07) is 0. The van der Waals surface area contributed by atoms with Crippen LogP contribution in [0, 0.1) is 0 Å². The molecule has 0 saturated carbocycles. The Labute approximate surface area is 104 Å². The number of likely N-dealkylation sites (N-methyl/N-ethyl adjacent to an activating group) is 1. The van der Waals surface area contributed by atoms with Crippen LogP contribution in [0.15, 0.2) is 12.7 Å². The van der Waals surface area contributed by atoms with E-state index >= 15 is 0 Å². The molecule has 0 unspecified atom stereocenters. The van der Waals surface area contributed by atoms with E-state index in [0.29, 0.717) is 0 Å². The number of carbonyl (C=O) groups is 1. The molecule has 98 valence electrons. The van der Waals surface area contributed by atoms with Gasteiger partial charge in [0, 0.05) is 20.7 Å². The van der Waals surface area contributed by atoms with Gasteiger partial charge in [0.15, 0.2) is 0 Å². The van der Waals surface area contributed by atoms with Gasteiger partial charge in [-0.05, 0) is 38.8 Å². The summed E-state index contributed by atoms with van der Waals surface area (Å²) in [6.45, 7) is 6.15. The number of hydrogen-bond donors (Lipinski definition) is 1. The fourth-order valence-electron chi connectivity index (χ4n) is 2.26. The average molecular weight is 240 g/mol. The van der Waals surface area contributed by atoms with E-state index < -0.39 is 5.60 Å². The number of unbranched alkanes of at least 4 members (excludes halogenated alkanes) is 1. The topological polar surface area (TPSA) is 41.6 Å². The van der Waals surface area contributed by atoms with Gasteiger partial charge < -0.3 is 15.0 Å². The summed E-state index contributed by atoms with van der Waals surface area (Å²) in [5, 5.41) is 3.26. The molecule has 0 bridgehead atoms. The molecule has 0 atom stereocenters. The average Bonchev–Trinajstić information content (AvgIpc) is 2.38. The van der Waals surface area contributed by atoms with Crippen molar-refractivity contribution in [2.24, 2.45) is 0 Å². The molecule has 1 aliphatic rings. The molecule has 0 aromatic rings. The van der Waals surface area contributed by atoms with Crippen LogP contribution in [-0.2, 0) is 9.53 Å². The molecule has 1 heterocycles. The summed E-state index contributed by atoms with van der Waals surface area (Å²) in [5.41, 5.74) is -0.603. The maximum Gasteiger partial charge on any atom is 0.254 e. The minimum Gasteiger partial charge on any atom is -0.368 e. The molecule has 0 aromatic carbocycles. The van der Waals surface area contributed by atoms with E-state index in [0.717, 1.165) is 45.3 Å². The first-order chi connectivity index (χ1) is 8.16. The first-order valence-electron chi connectivity index (χ1n) is 6.28. The van der Waals surface area contributed by atoms with Crippen molar-refractivity contribution in [1.82, 2.24) is 10.2 Å². The van der Waals surface area contributed by atoms with Gasteiger partial charge in [0.25, 0.3) is 5.91 Å². The lowest BCUT2D eigenvalue weighted by atomic mass is 9.90. The molecule has 4 nitrogen and oxygen atoms in total. The van der Waals surface area contributed by atoms with Gasteiger partial charge in [0.05, 0.1) is 0 Å². The third-order valence-electron chi connectivity index (χ3n) is 3.44. The number of carbonyl (C=O) groups excluding carboxylic acids is 1. The second-order valence-electron chi connectivity index (χ2n) is 4.61. The summed E-state index contributed by atoms with van der Waals surface area (Å²) in [7, 11) is 3.50. The van der Waals surface area contributed by atoms with Crippen molar-refractivity contribution in [2.75, 3.05) is 33.8 Å². The molecule has 0 radical (unpaired) electrons. The Balaban J connectivity index is 2.55. The highest BCUT2D eigenvalue weighted by Crippen LogP contribution is 2.24. The van der Waals surface area contributed by atoms with Crippen molar-refractivity contribution in [1.29, 1.82) is 0 Å². The summed E-state index contributed by atoms with van der Waals surface area (Å²) in [5.74, 6) is 0.116. The van der Waals surface area contributed by atoms with Gasteiger partial charge in [-0.2, -0.15) is 0 Å². The molecular formula is C13H24N2O2. The quantitative estimate of drug-likeness (QED) is 0.560. The second-order valence-corrected chi connectivity index (χ2v) is 4.61. The van der Waals surface area contributed by atoms with Gasteiger partial charge in [0.2, 0.25) is 0 Å². The molecule has 4 heteroatoms. The van der Waals surface area contributed by atoms with E-state index in [9.17, 15) is 4.79 Å². The highest BCUT2D eigenvalue weighted by Gasteiger charge is 2.41. The zero-order chi connectivity index (χ0) is 12.7. The van der Waals surface area contributed by atoms with Gasteiger partial charge in [-0.25, -0.2) is 0 Å². The number of nitrogens with zero attached hydrogens (tertiary/aromatic N) is 1. The maximum absolute atomic E-state index is 12.4. The minimum atomic E-state index is -0.603. The molecule has 0 aliphatic carbocycles. The molecule has 0 aromatic heterocycles. The van der Waals surface area contributed by atoms with Crippen LogP contribution in [0.4, 0.5) is 0 Å². The van der Waals surface area contributed by atoms with E-state index in [1.165, 1.54) is 0 Å². The van der Waals surface area contributed by atoms with Crippen LogP contribution < -0.4 is 5.32 Å². The lowest BCUT2D eigenvalue weighted by Crippen LogP contribution is -2.54. The Morgan fingerprint density at radius 2 is 2.18 bits per heavy atom. The second kappa shape index (κ2) is 6.77. The monoisotopic (exact) mass is 240 g/mol. The summed E-state index contributed by atoms with van der Waals surface area (Å²) in [6.07, 6.45) is 5.31. The summed E-state index contributed by atoms with van der Waals surface area (Å²) in [4.78, 5) is 14.2. The number of allylic oxidation sites excluding steroid dienone is 1. The molecule has 0 spiro atoms. The molecule has 1 saturated heterocycles. The van der Waals surface area contributed by atoms with Crippen molar-refractivity contribution >= 4 is 5.91 Å². The van der Waals surface area contributed by atoms with Crippen LogP contribution in [0.5, 0.6) is 0 Å². The molecule has 17 heavy (non-hydrogen) atoms. The molecule has 1 aliphatic heterocycles. The van der Waals surface area contributed by atoms with Crippen LogP contribution in [0.1, 0.15) is 25.7 Å². The highest BCUT2D eigenvalue weighted by atomic mass is 16.5. The number of piperidine rings is 1. The zero-order valence-electron chi connectivity index (χ0n) is 11.0. The SMILES string of the molecule is C=CCCCN(C)C(=O)C1(OC)CCNCC1. The lowest BCUT2D eigenvalue weighted by Gasteiger charge is -2.37. The minimum absolute atomic E-state index is 0.116. The number of nitrogens with one attached hydrogen (secondary N) is 1. The summed E-state index contributed by atoms with van der Waals surface area (Å²) >= 11 is 0. The standard InChI is InChI=1S/C13H24N2O2/c1-4-5-6-11-15(2)12(16)13(17-3)7-9-14-10-8-13/h4,14H,1,5-11H2,2-3H3. The Bertz CT molecular complexity index is 260. The Hall–Kier alpha value is -0.870. The zero-order valence-corrected chi connectivity index (χ0v) is 11.0. The largest absolute Gasteiger partial charge is 0.368 e. The molecule has 1 N–H and O–H groups in total. The van der Waals surface area contributed by atoms with E-state index in [1.54, 1.807) is 12.0 Å². The first-order valence-corrected chi connectivity index (χ1v) is 6.28. The van der Waals surface area contributed by atoms with Crippen molar-refractivity contribution in [3.8, 4) is 0 Å². The number of methoxy groups -OCH3 is 1. The normalized spacial score (nSPS) is 18.7. The Kier molecular flexibility index (Phi) is 5.65. The van der Waals surface area contributed by atoms with Gasteiger partial charge in [-0.3, -0.25) is 4.79 Å². The van der Waals surface area contributed by atoms with E-state index in [2.05, 4.69) is 11.9 Å². The molecule has 1 amide bonds. The van der Waals surface area contributed by atoms with Crippen molar-refractivity contribution < 1.29 is 9.53 Å². The summed E-state index contributed by atoms with van der Waals surface area (Å²) < 4.78 is 5.52. The number of ether oxygens (including phenoxy) is 1. The Morgan fingerprint density at radius 1 is 1.53 bits per heavy atom. The number of amides is 1. The maximum atomic E-state index is 12.4. The fraction of sp³-hybridized carbons (Fsp3) is 0.769. The van der Waals surface area contributed by atoms with Crippen LogP contribution in [-0.4, -0.2) is 50.2 Å². The van der Waals surface area contributed by atoms with E-state index in [4.69, 9.17) is 4.74 Å². The number of rotatable bonds is 6. The predicted molar refractivity (Wildman–Crippen MR) is 68.9 cm³/mol. The lowest BCUT2D eigenvalue weighted by molar-refractivity contribution is -0.157. The molecule has 1 rings (SSSR count). The van der Waals surface area contributed by atoms with Gasteiger partial charge >= 0.3 is 0 Å². The Morgan fingerprint density at radius 3 is 2.71 bits per heavy atom. The van der Waals surface area contributed by atoms with Gasteiger partial charge in [-0.1, -0.05) is 6.08 Å². The first kappa shape index (κ1) is 14.2. The third kappa shape index (κ3) is 3.54. The van der Waals surface area contributed by atoms with E-state index in [1.807, 2.05) is 13.1 Å². The highest BCUT2D eigenvalue weighted by molar-refractivity contribution is 5.85. The van der Waals surface area contributed by atoms with Crippen molar-refractivity contribution in [2.45, 2.75) is 31.3 Å².